The van der Waals surface area contributed by atoms with Crippen LogP contribution < -0.4 is 0 Å². The summed E-state index contributed by atoms with van der Waals surface area (Å²) in [4.78, 5) is 13.5. The van der Waals surface area contributed by atoms with Crippen molar-refractivity contribution in [3.05, 3.63) is 18.5 Å². The van der Waals surface area contributed by atoms with E-state index in [0.717, 1.165) is 24.8 Å². The van der Waals surface area contributed by atoms with Gasteiger partial charge >= 0.3 is 0 Å². The molecule has 54 valence electrons. The molecule has 10 heavy (non-hydrogen) atoms. The fraction of sp³-hybridized carbons (Fsp3) is 0.167. The van der Waals surface area contributed by atoms with Gasteiger partial charge in [0.05, 0.1) is 7.40 Å². The summed E-state index contributed by atoms with van der Waals surface area (Å²) >= 11 is 4.29. The molecule has 0 aliphatic rings. The van der Waals surface area contributed by atoms with Crippen LogP contribution in [-0.4, -0.2) is 11.3 Å². The minimum Gasteiger partial charge on any atom is -0.345 e. The summed E-state index contributed by atoms with van der Waals surface area (Å²) in [5.74, 6) is 0. The molecule has 1 rings (SSSR count). The molecular formula is C6H5I2NO. The number of aromatic nitrogens is 1. The number of halogens is 2. The highest BCUT2D eigenvalue weighted by Crippen LogP contribution is 2.19. The molecule has 0 spiro atoms. The number of H-pyrrole nitrogens is 1. The van der Waals surface area contributed by atoms with E-state index in [2.05, 4.69) is 50.2 Å². The monoisotopic (exact) mass is 361 g/mol. The topological polar surface area (TPSA) is 32.9 Å². The molecular weight excluding hydrogens is 356 g/mol. The lowest BCUT2D eigenvalue weighted by molar-refractivity contribution is 0.112. The van der Waals surface area contributed by atoms with Gasteiger partial charge in [0.1, 0.15) is 0 Å². The highest BCUT2D eigenvalue weighted by molar-refractivity contribution is 14.1. The van der Waals surface area contributed by atoms with E-state index >= 15 is 0 Å². The van der Waals surface area contributed by atoms with Crippen molar-refractivity contribution in [2.45, 2.75) is 6.92 Å². The third-order valence-electron chi connectivity index (χ3n) is 1.31. The van der Waals surface area contributed by atoms with Gasteiger partial charge in [0.25, 0.3) is 0 Å². The molecule has 0 aliphatic heterocycles. The van der Waals surface area contributed by atoms with E-state index in [0.29, 0.717) is 0 Å². The fourth-order valence-corrected chi connectivity index (χ4v) is 2.56. The van der Waals surface area contributed by atoms with Gasteiger partial charge in [0.15, 0.2) is 6.29 Å². The lowest BCUT2D eigenvalue weighted by Crippen LogP contribution is -1.81. The van der Waals surface area contributed by atoms with E-state index in [1.165, 1.54) is 0 Å². The van der Waals surface area contributed by atoms with Crippen LogP contribution in [0.5, 0.6) is 0 Å². The van der Waals surface area contributed by atoms with Crippen molar-refractivity contribution in [3.8, 4) is 0 Å². The van der Waals surface area contributed by atoms with Gasteiger partial charge < -0.3 is 4.98 Å². The number of hydrogen-bond donors (Lipinski definition) is 1. The zero-order valence-electron chi connectivity index (χ0n) is 5.24. The minimum atomic E-state index is 0.782. The quantitative estimate of drug-likeness (QED) is 0.605. The number of nitrogens with one attached hydrogen (secondary N) is 1. The van der Waals surface area contributed by atoms with Crippen molar-refractivity contribution < 1.29 is 4.79 Å². The zero-order valence-corrected chi connectivity index (χ0v) is 9.56. The number of rotatable bonds is 1. The van der Waals surface area contributed by atoms with E-state index < -0.39 is 0 Å². The molecule has 0 saturated carbocycles. The van der Waals surface area contributed by atoms with Crippen molar-refractivity contribution in [1.29, 1.82) is 0 Å². The van der Waals surface area contributed by atoms with Crippen LogP contribution in [0.1, 0.15) is 15.9 Å². The number of aldehydes is 1. The molecule has 0 aliphatic carbocycles. The lowest BCUT2D eigenvalue weighted by atomic mass is 10.2. The van der Waals surface area contributed by atoms with Crippen LogP contribution in [-0.2, 0) is 0 Å². The number of aromatic amines is 1. The van der Waals surface area contributed by atoms with Crippen molar-refractivity contribution in [2.75, 3.05) is 0 Å². The maximum Gasteiger partial charge on any atom is 0.152 e. The van der Waals surface area contributed by atoms with Gasteiger partial charge in [0.2, 0.25) is 0 Å². The maximum atomic E-state index is 10.4. The summed E-state index contributed by atoms with van der Waals surface area (Å²) in [6, 6.07) is 0. The number of carbonyl (C=O) groups is 1. The standard InChI is InChI=1S/C6H5I2NO/c1-3-4(2-10)6(8)9-5(3)7/h2,9H,1H3. The molecule has 0 saturated heterocycles. The largest absolute Gasteiger partial charge is 0.345 e. The van der Waals surface area contributed by atoms with Gasteiger partial charge in [0, 0.05) is 5.56 Å². The molecule has 0 amide bonds. The van der Waals surface area contributed by atoms with Gasteiger partial charge in [-0.2, -0.15) is 0 Å². The van der Waals surface area contributed by atoms with Crippen LogP contribution >= 0.6 is 45.2 Å². The van der Waals surface area contributed by atoms with Gasteiger partial charge in [-0.3, -0.25) is 4.79 Å². The molecule has 2 nitrogen and oxygen atoms in total. The highest BCUT2D eigenvalue weighted by atomic mass is 127. The first kappa shape index (κ1) is 8.51. The Labute approximate surface area is 86.1 Å². The van der Waals surface area contributed by atoms with Crippen molar-refractivity contribution in [3.63, 3.8) is 0 Å². The fourth-order valence-electron chi connectivity index (χ4n) is 0.680. The van der Waals surface area contributed by atoms with Crippen molar-refractivity contribution >= 4 is 51.5 Å². The first-order chi connectivity index (χ1) is 4.66. The van der Waals surface area contributed by atoms with E-state index in [1.54, 1.807) is 0 Å². The molecule has 1 heterocycles. The number of hydrogen-bond acceptors (Lipinski definition) is 1. The molecule has 1 aromatic heterocycles. The van der Waals surface area contributed by atoms with Crippen molar-refractivity contribution in [2.24, 2.45) is 0 Å². The molecule has 0 aromatic carbocycles. The third-order valence-corrected chi connectivity index (χ3v) is 3.24. The van der Waals surface area contributed by atoms with E-state index in [-0.39, 0.29) is 0 Å². The minimum absolute atomic E-state index is 0.782. The van der Waals surface area contributed by atoms with Crippen LogP contribution in [0.3, 0.4) is 0 Å². The first-order valence-corrected chi connectivity index (χ1v) is 4.81. The lowest BCUT2D eigenvalue weighted by Gasteiger charge is -1.85. The summed E-state index contributed by atoms with van der Waals surface area (Å²) in [6.45, 7) is 1.93. The summed E-state index contributed by atoms with van der Waals surface area (Å²) in [5, 5.41) is 0. The van der Waals surface area contributed by atoms with Crippen LogP contribution in [0.4, 0.5) is 0 Å². The highest BCUT2D eigenvalue weighted by Gasteiger charge is 2.08. The zero-order chi connectivity index (χ0) is 7.72. The predicted octanol–water partition coefficient (Wildman–Crippen LogP) is 2.34. The molecule has 0 bridgehead atoms. The van der Waals surface area contributed by atoms with Gasteiger partial charge in [-0.1, -0.05) is 0 Å². The predicted molar refractivity (Wildman–Crippen MR) is 56.4 cm³/mol. The van der Waals surface area contributed by atoms with Gasteiger partial charge in [-0.25, -0.2) is 0 Å². The Morgan fingerprint density at radius 1 is 1.40 bits per heavy atom. The Morgan fingerprint density at radius 2 is 2.00 bits per heavy atom. The SMILES string of the molecule is Cc1c(I)[nH]c(I)c1C=O. The van der Waals surface area contributed by atoms with E-state index in [9.17, 15) is 4.79 Å². The van der Waals surface area contributed by atoms with Gasteiger partial charge in [-0.15, -0.1) is 0 Å². The molecule has 0 radical (unpaired) electrons. The smallest absolute Gasteiger partial charge is 0.152 e. The summed E-state index contributed by atoms with van der Waals surface area (Å²) in [5.41, 5.74) is 1.82. The van der Waals surface area contributed by atoms with Crippen LogP contribution in [0.2, 0.25) is 0 Å². The summed E-state index contributed by atoms with van der Waals surface area (Å²) in [6.07, 6.45) is 0.885. The maximum absolute atomic E-state index is 10.4. The van der Waals surface area contributed by atoms with Crippen LogP contribution in [0.15, 0.2) is 0 Å². The third kappa shape index (κ3) is 1.36. The van der Waals surface area contributed by atoms with Crippen molar-refractivity contribution in [1.82, 2.24) is 4.98 Å². The summed E-state index contributed by atoms with van der Waals surface area (Å²) in [7, 11) is 0. The summed E-state index contributed by atoms with van der Waals surface area (Å²) < 4.78 is 1.97. The first-order valence-electron chi connectivity index (χ1n) is 2.65. The van der Waals surface area contributed by atoms with Crippen LogP contribution in [0, 0.1) is 14.3 Å². The molecule has 0 fully saturated rings. The Balaban J connectivity index is 3.33. The molecule has 4 heteroatoms. The Kier molecular flexibility index (Phi) is 2.73. The van der Waals surface area contributed by atoms with Crippen LogP contribution in [0.25, 0.3) is 0 Å². The molecule has 1 aromatic rings. The average Bonchev–Trinajstić information content (AvgIpc) is 2.09. The Bertz CT molecular complexity index is 267. The van der Waals surface area contributed by atoms with Gasteiger partial charge in [-0.05, 0) is 57.7 Å². The van der Waals surface area contributed by atoms with E-state index in [1.807, 2.05) is 6.92 Å². The molecule has 0 unspecified atom stereocenters. The van der Waals surface area contributed by atoms with E-state index in [4.69, 9.17) is 0 Å². The molecule has 1 N–H and O–H groups in total. The second-order valence-corrected chi connectivity index (χ2v) is 4.07. The second kappa shape index (κ2) is 3.21. The second-order valence-electron chi connectivity index (χ2n) is 1.91. The number of carbonyl (C=O) groups excluding carboxylic acids is 1. The Morgan fingerprint density at radius 3 is 2.20 bits per heavy atom. The average molecular weight is 361 g/mol. The Hall–Kier alpha value is 0.410. The normalized spacial score (nSPS) is 9.90. The molecule has 0 atom stereocenters.